The van der Waals surface area contributed by atoms with Crippen LogP contribution in [-0.2, 0) is 4.79 Å². The standard InChI is InChI=1S/C19H22FN3O4/c1-4-11-14(23(2)19(25)16(11)20)9-27-18-12-8-15(26-3)13(17(21)24)7-10(12)5-6-22-18/h5-8,11,14,16H,4,9H2,1-3H3,(H2,21,24). The Morgan fingerprint density at radius 1 is 1.41 bits per heavy atom. The molecule has 3 atom stereocenters. The van der Waals surface area contributed by atoms with Crippen molar-refractivity contribution in [3.8, 4) is 11.6 Å². The number of amides is 2. The highest BCUT2D eigenvalue weighted by atomic mass is 19.1. The molecule has 1 aromatic heterocycles. The second kappa shape index (κ2) is 7.38. The molecule has 7 nitrogen and oxygen atoms in total. The second-order valence-corrected chi connectivity index (χ2v) is 6.56. The van der Waals surface area contributed by atoms with Crippen LogP contribution >= 0.6 is 0 Å². The molecule has 0 radical (unpaired) electrons. The van der Waals surface area contributed by atoms with Gasteiger partial charge < -0.3 is 20.1 Å². The Bertz CT molecular complexity index is 889. The zero-order valence-corrected chi connectivity index (χ0v) is 15.4. The molecular formula is C19H22FN3O4. The molecule has 1 aromatic carbocycles. The molecule has 1 aliphatic heterocycles. The number of halogens is 1. The molecule has 0 spiro atoms. The van der Waals surface area contributed by atoms with Crippen LogP contribution in [0.4, 0.5) is 4.39 Å². The molecule has 27 heavy (non-hydrogen) atoms. The van der Waals surface area contributed by atoms with Crippen LogP contribution in [0.5, 0.6) is 11.6 Å². The summed E-state index contributed by atoms with van der Waals surface area (Å²) >= 11 is 0. The topological polar surface area (TPSA) is 94.8 Å². The lowest BCUT2D eigenvalue weighted by Gasteiger charge is -2.24. The van der Waals surface area contributed by atoms with Gasteiger partial charge in [0.25, 0.3) is 11.8 Å². The number of methoxy groups -OCH3 is 1. The summed E-state index contributed by atoms with van der Waals surface area (Å²) in [5.41, 5.74) is 5.65. The molecule has 1 fully saturated rings. The molecule has 2 N–H and O–H groups in total. The smallest absolute Gasteiger partial charge is 0.257 e. The normalized spacial score (nSPS) is 22.3. The maximum atomic E-state index is 14.2. The number of likely N-dealkylation sites (tertiary alicyclic amines) is 1. The van der Waals surface area contributed by atoms with Gasteiger partial charge in [0.15, 0.2) is 6.17 Å². The van der Waals surface area contributed by atoms with Crippen LogP contribution < -0.4 is 15.2 Å². The fourth-order valence-electron chi connectivity index (χ4n) is 3.55. The zero-order valence-electron chi connectivity index (χ0n) is 15.4. The number of primary amides is 1. The van der Waals surface area contributed by atoms with E-state index in [0.29, 0.717) is 28.8 Å². The van der Waals surface area contributed by atoms with Crippen molar-refractivity contribution in [3.63, 3.8) is 0 Å². The minimum Gasteiger partial charge on any atom is -0.496 e. The summed E-state index contributed by atoms with van der Waals surface area (Å²) in [6, 6.07) is 4.60. The van der Waals surface area contributed by atoms with Crippen LogP contribution in [0.3, 0.4) is 0 Å². The van der Waals surface area contributed by atoms with Gasteiger partial charge in [0, 0.05) is 24.5 Å². The molecular weight excluding hydrogens is 353 g/mol. The first kappa shape index (κ1) is 18.9. The van der Waals surface area contributed by atoms with Crippen LogP contribution in [0, 0.1) is 5.92 Å². The van der Waals surface area contributed by atoms with E-state index < -0.39 is 23.9 Å². The molecule has 2 aromatic rings. The zero-order chi connectivity index (χ0) is 19.7. The predicted molar refractivity (Wildman–Crippen MR) is 97.5 cm³/mol. The van der Waals surface area contributed by atoms with Crippen molar-refractivity contribution in [2.24, 2.45) is 11.7 Å². The molecule has 8 heteroatoms. The lowest BCUT2D eigenvalue weighted by Crippen LogP contribution is -2.36. The van der Waals surface area contributed by atoms with Crippen molar-refractivity contribution >= 4 is 22.6 Å². The van der Waals surface area contributed by atoms with Crippen LogP contribution in [0.2, 0.25) is 0 Å². The summed E-state index contributed by atoms with van der Waals surface area (Å²) in [4.78, 5) is 29.2. The Morgan fingerprint density at radius 3 is 2.78 bits per heavy atom. The summed E-state index contributed by atoms with van der Waals surface area (Å²) in [5.74, 6) is -0.905. The average molecular weight is 375 g/mol. The SMILES string of the molecule is CCC1C(F)C(=O)N(C)C1COc1nccc2cc(C(N)=O)c(OC)cc12. The molecule has 3 unspecified atom stereocenters. The van der Waals surface area contributed by atoms with E-state index in [1.807, 2.05) is 6.92 Å². The Morgan fingerprint density at radius 2 is 2.15 bits per heavy atom. The van der Waals surface area contributed by atoms with Crippen LogP contribution in [0.25, 0.3) is 10.8 Å². The number of likely N-dealkylation sites (N-methyl/N-ethyl adjacent to an activating group) is 1. The number of aromatic nitrogens is 1. The number of hydrogen-bond acceptors (Lipinski definition) is 5. The molecule has 1 aliphatic rings. The van der Waals surface area contributed by atoms with Gasteiger partial charge in [-0.25, -0.2) is 9.37 Å². The fourth-order valence-corrected chi connectivity index (χ4v) is 3.55. The number of hydrogen-bond donors (Lipinski definition) is 1. The third kappa shape index (κ3) is 3.27. The molecule has 2 amide bonds. The van der Waals surface area contributed by atoms with Gasteiger partial charge in [-0.3, -0.25) is 9.59 Å². The third-order valence-corrected chi connectivity index (χ3v) is 5.13. The predicted octanol–water partition coefficient (Wildman–Crippen LogP) is 1.93. The lowest BCUT2D eigenvalue weighted by molar-refractivity contribution is -0.131. The van der Waals surface area contributed by atoms with Gasteiger partial charge in [0.05, 0.1) is 18.7 Å². The van der Waals surface area contributed by atoms with Gasteiger partial charge in [0.1, 0.15) is 12.4 Å². The fraction of sp³-hybridized carbons (Fsp3) is 0.421. The van der Waals surface area contributed by atoms with E-state index in [2.05, 4.69) is 4.98 Å². The van der Waals surface area contributed by atoms with Gasteiger partial charge in [-0.05, 0) is 30.0 Å². The van der Waals surface area contributed by atoms with Crippen molar-refractivity contribution in [3.05, 3.63) is 30.0 Å². The molecule has 1 saturated heterocycles. The van der Waals surface area contributed by atoms with Gasteiger partial charge in [-0.15, -0.1) is 0 Å². The second-order valence-electron chi connectivity index (χ2n) is 6.56. The summed E-state index contributed by atoms with van der Waals surface area (Å²) in [6.07, 6.45) is 0.574. The van der Waals surface area contributed by atoms with E-state index in [1.54, 1.807) is 31.4 Å². The third-order valence-electron chi connectivity index (χ3n) is 5.13. The first-order chi connectivity index (χ1) is 12.9. The largest absolute Gasteiger partial charge is 0.496 e. The van der Waals surface area contributed by atoms with E-state index in [-0.39, 0.29) is 18.2 Å². The molecule has 0 saturated carbocycles. The van der Waals surface area contributed by atoms with E-state index in [0.717, 1.165) is 0 Å². The van der Waals surface area contributed by atoms with E-state index in [9.17, 15) is 14.0 Å². The number of fused-ring (bicyclic) bond motifs is 1. The number of benzene rings is 1. The van der Waals surface area contributed by atoms with Gasteiger partial charge in [0.2, 0.25) is 5.88 Å². The Kier molecular flexibility index (Phi) is 5.16. The van der Waals surface area contributed by atoms with Crippen molar-refractivity contribution in [2.45, 2.75) is 25.6 Å². The highest BCUT2D eigenvalue weighted by Gasteiger charge is 2.46. The van der Waals surface area contributed by atoms with Crippen molar-refractivity contribution in [2.75, 3.05) is 20.8 Å². The number of ether oxygens (including phenoxy) is 2. The van der Waals surface area contributed by atoms with Crippen LogP contribution in [0.15, 0.2) is 24.4 Å². The Balaban J connectivity index is 1.91. The van der Waals surface area contributed by atoms with Crippen molar-refractivity contribution < 1.29 is 23.5 Å². The summed E-state index contributed by atoms with van der Waals surface area (Å²) < 4.78 is 25.3. The molecule has 3 rings (SSSR count). The monoisotopic (exact) mass is 375 g/mol. The van der Waals surface area contributed by atoms with E-state index >= 15 is 0 Å². The number of carbonyl (C=O) groups is 2. The maximum Gasteiger partial charge on any atom is 0.257 e. The number of alkyl halides is 1. The maximum absolute atomic E-state index is 14.2. The Labute approximate surface area is 156 Å². The number of carbonyl (C=O) groups excluding carboxylic acids is 2. The summed E-state index contributed by atoms with van der Waals surface area (Å²) in [6.45, 7) is 1.97. The van der Waals surface area contributed by atoms with Gasteiger partial charge >= 0.3 is 0 Å². The minimum atomic E-state index is -1.51. The van der Waals surface area contributed by atoms with E-state index in [4.69, 9.17) is 15.2 Å². The van der Waals surface area contributed by atoms with Crippen LogP contribution in [-0.4, -0.2) is 54.7 Å². The van der Waals surface area contributed by atoms with Crippen LogP contribution in [0.1, 0.15) is 23.7 Å². The lowest BCUT2D eigenvalue weighted by atomic mass is 9.96. The highest BCUT2D eigenvalue weighted by Crippen LogP contribution is 2.33. The minimum absolute atomic E-state index is 0.118. The summed E-state index contributed by atoms with van der Waals surface area (Å²) in [5, 5.41) is 1.34. The number of nitrogens with zero attached hydrogens (tertiary/aromatic N) is 2. The van der Waals surface area contributed by atoms with Gasteiger partial charge in [-0.1, -0.05) is 6.92 Å². The number of rotatable bonds is 6. The molecule has 0 bridgehead atoms. The summed E-state index contributed by atoms with van der Waals surface area (Å²) in [7, 11) is 3.02. The first-order valence-electron chi connectivity index (χ1n) is 8.69. The number of nitrogens with two attached hydrogens (primary N) is 1. The molecule has 0 aliphatic carbocycles. The highest BCUT2D eigenvalue weighted by molar-refractivity contribution is 6.01. The molecule has 2 heterocycles. The Hall–Kier alpha value is -2.90. The van der Waals surface area contributed by atoms with Crippen molar-refractivity contribution in [1.29, 1.82) is 0 Å². The average Bonchev–Trinajstić information content (AvgIpc) is 2.88. The van der Waals surface area contributed by atoms with E-state index in [1.165, 1.54) is 12.0 Å². The quantitative estimate of drug-likeness (QED) is 0.832. The number of pyridine rings is 1. The first-order valence-corrected chi connectivity index (χ1v) is 8.69. The molecule has 144 valence electrons. The van der Waals surface area contributed by atoms with Crippen molar-refractivity contribution in [1.82, 2.24) is 9.88 Å². The van der Waals surface area contributed by atoms with Gasteiger partial charge in [-0.2, -0.15) is 0 Å².